The van der Waals surface area contributed by atoms with E-state index in [4.69, 9.17) is 10.5 Å². The normalized spacial score (nSPS) is 16.9. The summed E-state index contributed by atoms with van der Waals surface area (Å²) in [5.41, 5.74) is 6.27. The van der Waals surface area contributed by atoms with Gasteiger partial charge in [-0.1, -0.05) is 0 Å². The highest BCUT2D eigenvalue weighted by atomic mass is 32.2. The van der Waals surface area contributed by atoms with Gasteiger partial charge in [0.15, 0.2) is 0 Å². The predicted molar refractivity (Wildman–Crippen MR) is 69.2 cm³/mol. The number of nitrogens with one attached hydrogen (secondary N) is 1. The van der Waals surface area contributed by atoms with Crippen molar-refractivity contribution in [1.29, 1.82) is 0 Å². The van der Waals surface area contributed by atoms with Gasteiger partial charge >= 0.3 is 0 Å². The number of rotatable bonds is 5. The molecule has 1 saturated carbocycles. The van der Waals surface area contributed by atoms with Crippen LogP contribution < -0.4 is 15.8 Å². The van der Waals surface area contributed by atoms with E-state index in [0.717, 1.165) is 12.4 Å². The van der Waals surface area contributed by atoms with Gasteiger partial charge in [-0.25, -0.2) is 0 Å². The molecule has 0 bridgehead atoms. The number of pyridine rings is 1. The van der Waals surface area contributed by atoms with Crippen molar-refractivity contribution < 1.29 is 4.74 Å². The Hall–Kier alpha value is -1.10. The fourth-order valence-electron chi connectivity index (χ4n) is 1.56. The summed E-state index contributed by atoms with van der Waals surface area (Å²) in [5, 5.41) is 3.33. The zero-order valence-electron chi connectivity index (χ0n) is 9.62. The second kappa shape index (κ2) is 4.41. The third-order valence-corrected chi connectivity index (χ3v) is 4.33. The summed E-state index contributed by atoms with van der Waals surface area (Å²) in [6.45, 7) is 0.953. The van der Waals surface area contributed by atoms with Gasteiger partial charge in [0.05, 0.1) is 12.8 Å². The zero-order valence-corrected chi connectivity index (χ0v) is 10.4. The number of aromatic nitrogens is 1. The third-order valence-electron chi connectivity index (χ3n) is 2.92. The second-order valence-corrected chi connectivity index (χ2v) is 5.31. The molecule has 1 heterocycles. The SMILES string of the molecule is COc1nc(NCC2(SC)CC2)ccc1N. The first-order valence-corrected chi connectivity index (χ1v) is 6.51. The molecule has 0 atom stereocenters. The maximum absolute atomic E-state index is 5.70. The van der Waals surface area contributed by atoms with Crippen molar-refractivity contribution in [2.45, 2.75) is 17.6 Å². The molecule has 5 heteroatoms. The van der Waals surface area contributed by atoms with Gasteiger partial charge in [-0.15, -0.1) is 0 Å². The van der Waals surface area contributed by atoms with Crippen LogP contribution in [0, 0.1) is 0 Å². The summed E-state index contributed by atoms with van der Waals surface area (Å²) in [6.07, 6.45) is 4.73. The molecule has 2 rings (SSSR count). The first-order valence-electron chi connectivity index (χ1n) is 5.29. The van der Waals surface area contributed by atoms with Crippen LogP contribution in [0.25, 0.3) is 0 Å². The van der Waals surface area contributed by atoms with E-state index >= 15 is 0 Å². The fourth-order valence-corrected chi connectivity index (χ4v) is 2.28. The molecule has 1 fully saturated rings. The summed E-state index contributed by atoms with van der Waals surface area (Å²) >= 11 is 1.92. The molecule has 0 radical (unpaired) electrons. The molecule has 0 saturated heterocycles. The summed E-state index contributed by atoms with van der Waals surface area (Å²) in [4.78, 5) is 4.29. The minimum atomic E-state index is 0.427. The largest absolute Gasteiger partial charge is 0.479 e. The van der Waals surface area contributed by atoms with Gasteiger partial charge in [-0.3, -0.25) is 0 Å². The lowest BCUT2D eigenvalue weighted by atomic mass is 10.3. The first-order chi connectivity index (χ1) is 7.69. The lowest BCUT2D eigenvalue weighted by Crippen LogP contribution is -2.18. The molecule has 0 aliphatic heterocycles. The summed E-state index contributed by atoms with van der Waals surface area (Å²) in [7, 11) is 1.58. The van der Waals surface area contributed by atoms with Crippen LogP contribution in [0.5, 0.6) is 5.88 Å². The van der Waals surface area contributed by atoms with E-state index in [2.05, 4.69) is 16.6 Å². The van der Waals surface area contributed by atoms with Gasteiger partial charge in [0.25, 0.3) is 0 Å². The first kappa shape index (κ1) is 11.4. The summed E-state index contributed by atoms with van der Waals surface area (Å²) < 4.78 is 5.51. The maximum atomic E-state index is 5.70. The molecule has 0 amide bonds. The number of anilines is 2. The number of ether oxygens (including phenoxy) is 1. The van der Waals surface area contributed by atoms with Gasteiger partial charge < -0.3 is 15.8 Å². The van der Waals surface area contributed by atoms with Crippen LogP contribution in [0.15, 0.2) is 12.1 Å². The number of nitrogen functional groups attached to an aromatic ring is 1. The molecule has 3 N–H and O–H groups in total. The monoisotopic (exact) mass is 239 g/mol. The van der Waals surface area contributed by atoms with Crippen LogP contribution in [-0.2, 0) is 0 Å². The van der Waals surface area contributed by atoms with Crippen molar-refractivity contribution in [3.63, 3.8) is 0 Å². The van der Waals surface area contributed by atoms with Crippen molar-refractivity contribution in [3.8, 4) is 5.88 Å². The highest BCUT2D eigenvalue weighted by Gasteiger charge is 2.41. The Balaban J connectivity index is 1.99. The summed E-state index contributed by atoms with van der Waals surface area (Å²) in [6, 6.07) is 3.70. The number of nitrogens with zero attached hydrogens (tertiary/aromatic N) is 1. The average molecular weight is 239 g/mol. The van der Waals surface area contributed by atoms with Gasteiger partial charge in [-0.2, -0.15) is 16.7 Å². The molecule has 16 heavy (non-hydrogen) atoms. The lowest BCUT2D eigenvalue weighted by molar-refractivity contribution is 0.401. The van der Waals surface area contributed by atoms with Gasteiger partial charge in [0.1, 0.15) is 5.82 Å². The average Bonchev–Trinajstić information content (AvgIpc) is 3.09. The highest BCUT2D eigenvalue weighted by molar-refractivity contribution is 8.00. The topological polar surface area (TPSA) is 60.2 Å². The molecule has 1 aliphatic rings. The smallest absolute Gasteiger partial charge is 0.238 e. The molecule has 1 aliphatic carbocycles. The Bertz CT molecular complexity index is 379. The highest BCUT2D eigenvalue weighted by Crippen LogP contribution is 2.47. The minimum Gasteiger partial charge on any atom is -0.479 e. The molecule has 0 unspecified atom stereocenters. The van der Waals surface area contributed by atoms with Crippen molar-refractivity contribution in [1.82, 2.24) is 4.98 Å². The van der Waals surface area contributed by atoms with Crippen molar-refractivity contribution in [3.05, 3.63) is 12.1 Å². The number of hydrogen-bond donors (Lipinski definition) is 2. The van der Waals surface area contributed by atoms with Crippen LogP contribution in [0.3, 0.4) is 0 Å². The van der Waals surface area contributed by atoms with Crippen molar-refractivity contribution in [2.75, 3.05) is 31.0 Å². The Labute approximate surface area is 100.0 Å². The summed E-state index contributed by atoms with van der Waals surface area (Å²) in [5.74, 6) is 1.31. The predicted octanol–water partition coefficient (Wildman–Crippen LogP) is 1.98. The van der Waals surface area contributed by atoms with E-state index < -0.39 is 0 Å². The maximum Gasteiger partial charge on any atom is 0.238 e. The zero-order chi connectivity index (χ0) is 11.6. The van der Waals surface area contributed by atoms with Gasteiger partial charge in [-0.05, 0) is 31.2 Å². The van der Waals surface area contributed by atoms with E-state index in [1.807, 2.05) is 23.9 Å². The molecule has 0 aromatic carbocycles. The van der Waals surface area contributed by atoms with Crippen LogP contribution >= 0.6 is 11.8 Å². The number of thioether (sulfide) groups is 1. The van der Waals surface area contributed by atoms with E-state index in [9.17, 15) is 0 Å². The molecular formula is C11H17N3OS. The molecule has 1 aromatic rings. The van der Waals surface area contributed by atoms with Crippen LogP contribution in [0.2, 0.25) is 0 Å². The second-order valence-electron chi connectivity index (χ2n) is 4.04. The standard InChI is InChI=1S/C11H17N3OS/c1-15-10-8(12)3-4-9(14-10)13-7-11(16-2)5-6-11/h3-4H,5-7,12H2,1-2H3,(H,13,14). The molecule has 0 spiro atoms. The van der Waals surface area contributed by atoms with Gasteiger partial charge in [0, 0.05) is 11.3 Å². The number of methoxy groups -OCH3 is 1. The molecule has 88 valence electrons. The van der Waals surface area contributed by atoms with Crippen molar-refractivity contribution >= 4 is 23.3 Å². The van der Waals surface area contributed by atoms with Gasteiger partial charge in [0.2, 0.25) is 5.88 Å². The quantitative estimate of drug-likeness (QED) is 0.822. The number of hydrogen-bond acceptors (Lipinski definition) is 5. The third kappa shape index (κ3) is 2.35. The number of nitrogens with two attached hydrogens (primary N) is 1. The van der Waals surface area contributed by atoms with E-state index in [-0.39, 0.29) is 0 Å². The Morgan fingerprint density at radius 3 is 2.88 bits per heavy atom. The molecule has 4 nitrogen and oxygen atoms in total. The molecular weight excluding hydrogens is 222 g/mol. The fraction of sp³-hybridized carbons (Fsp3) is 0.545. The minimum absolute atomic E-state index is 0.427. The van der Waals surface area contributed by atoms with E-state index in [1.54, 1.807) is 7.11 Å². The van der Waals surface area contributed by atoms with E-state index in [1.165, 1.54) is 12.8 Å². The molecule has 1 aromatic heterocycles. The lowest BCUT2D eigenvalue weighted by Gasteiger charge is -2.14. The van der Waals surface area contributed by atoms with Crippen molar-refractivity contribution in [2.24, 2.45) is 0 Å². The van der Waals surface area contributed by atoms with Crippen LogP contribution in [0.4, 0.5) is 11.5 Å². The Kier molecular flexibility index (Phi) is 3.14. The van der Waals surface area contributed by atoms with Crippen LogP contribution in [-0.4, -0.2) is 29.6 Å². The van der Waals surface area contributed by atoms with E-state index in [0.29, 0.717) is 16.3 Å². The Morgan fingerprint density at radius 2 is 2.31 bits per heavy atom. The Morgan fingerprint density at radius 1 is 1.56 bits per heavy atom. The van der Waals surface area contributed by atoms with Crippen LogP contribution in [0.1, 0.15) is 12.8 Å².